The molecule has 0 aromatic heterocycles. The van der Waals surface area contributed by atoms with E-state index in [1.165, 1.54) is 5.56 Å². The third-order valence-electron chi connectivity index (χ3n) is 2.39. The van der Waals surface area contributed by atoms with Gasteiger partial charge in [0, 0.05) is 11.1 Å². The normalized spacial score (nSPS) is 12.9. The molecule has 0 spiro atoms. The molecule has 0 aliphatic rings. The Morgan fingerprint density at radius 1 is 1.43 bits per heavy atom. The van der Waals surface area contributed by atoms with Crippen LogP contribution in [0.3, 0.4) is 0 Å². The molecule has 1 rings (SSSR count). The van der Waals surface area contributed by atoms with E-state index in [0.717, 1.165) is 23.6 Å². The fourth-order valence-electron chi connectivity index (χ4n) is 1.48. The molecular weight excluding hydrogens is 194 g/mol. The third-order valence-corrected chi connectivity index (χ3v) is 2.91. The molecule has 14 heavy (non-hydrogen) atoms. The molecule has 2 heteroatoms. The molecule has 0 saturated carbocycles. The van der Waals surface area contributed by atoms with E-state index in [9.17, 15) is 0 Å². The van der Waals surface area contributed by atoms with Gasteiger partial charge >= 0.3 is 0 Å². The Morgan fingerprint density at radius 3 is 2.79 bits per heavy atom. The van der Waals surface area contributed by atoms with Gasteiger partial charge < -0.3 is 5.32 Å². The molecule has 1 unspecified atom stereocenters. The van der Waals surface area contributed by atoms with Gasteiger partial charge in [0.05, 0.1) is 0 Å². The van der Waals surface area contributed by atoms with Crippen LogP contribution in [0.4, 0.5) is 0 Å². The summed E-state index contributed by atoms with van der Waals surface area (Å²) in [6.07, 6.45) is 1.15. The molecule has 0 saturated heterocycles. The maximum absolute atomic E-state index is 6.23. The van der Waals surface area contributed by atoms with E-state index in [4.69, 9.17) is 11.6 Å². The number of rotatable bonds is 4. The molecule has 0 amide bonds. The minimum Gasteiger partial charge on any atom is -0.310 e. The summed E-state index contributed by atoms with van der Waals surface area (Å²) in [6.45, 7) is 7.39. The molecule has 1 atom stereocenters. The zero-order chi connectivity index (χ0) is 10.6. The highest BCUT2D eigenvalue weighted by molar-refractivity contribution is 6.32. The van der Waals surface area contributed by atoms with Gasteiger partial charge in [-0.3, -0.25) is 0 Å². The van der Waals surface area contributed by atoms with Crippen molar-refractivity contribution in [3.05, 3.63) is 34.3 Å². The van der Waals surface area contributed by atoms with E-state index >= 15 is 0 Å². The molecule has 0 fully saturated rings. The van der Waals surface area contributed by atoms with Gasteiger partial charge in [-0.1, -0.05) is 36.7 Å². The van der Waals surface area contributed by atoms with E-state index in [0.29, 0.717) is 6.04 Å². The first-order chi connectivity index (χ1) is 6.66. The molecule has 1 nitrogen and oxygen atoms in total. The summed E-state index contributed by atoms with van der Waals surface area (Å²) in [5, 5.41) is 4.32. The molecule has 78 valence electrons. The minimum absolute atomic E-state index is 0.336. The van der Waals surface area contributed by atoms with Crippen molar-refractivity contribution >= 4 is 11.6 Å². The molecule has 0 aliphatic carbocycles. The lowest BCUT2D eigenvalue weighted by molar-refractivity contribution is 0.570. The van der Waals surface area contributed by atoms with Crippen molar-refractivity contribution in [1.29, 1.82) is 0 Å². The van der Waals surface area contributed by atoms with Crippen molar-refractivity contribution in [1.82, 2.24) is 5.32 Å². The number of benzene rings is 1. The van der Waals surface area contributed by atoms with Crippen molar-refractivity contribution in [3.8, 4) is 0 Å². The monoisotopic (exact) mass is 211 g/mol. The standard InChI is InChI=1S/C12H18ClN/c1-4-8-14-10(3)11-7-5-6-9(2)12(11)13/h5-7,10,14H,4,8H2,1-3H3. The predicted octanol–water partition coefficient (Wildman–Crippen LogP) is 3.71. The number of hydrogen-bond donors (Lipinski definition) is 1. The topological polar surface area (TPSA) is 12.0 Å². The molecule has 1 N–H and O–H groups in total. The second kappa shape index (κ2) is 5.38. The molecule has 0 heterocycles. The molecule has 1 aromatic carbocycles. The Bertz CT molecular complexity index is 296. The summed E-state index contributed by atoms with van der Waals surface area (Å²) in [4.78, 5) is 0. The van der Waals surface area contributed by atoms with Crippen LogP contribution in [0, 0.1) is 6.92 Å². The van der Waals surface area contributed by atoms with E-state index in [-0.39, 0.29) is 0 Å². The van der Waals surface area contributed by atoms with Crippen molar-refractivity contribution in [2.75, 3.05) is 6.54 Å². The van der Waals surface area contributed by atoms with Crippen LogP contribution >= 0.6 is 11.6 Å². The van der Waals surface area contributed by atoms with Gasteiger partial charge in [-0.2, -0.15) is 0 Å². The Labute approximate surface area is 91.5 Å². The van der Waals surface area contributed by atoms with Crippen LogP contribution in [0.1, 0.15) is 37.4 Å². The first-order valence-electron chi connectivity index (χ1n) is 5.15. The van der Waals surface area contributed by atoms with Crippen LogP contribution in [0.25, 0.3) is 0 Å². The van der Waals surface area contributed by atoms with Crippen LogP contribution in [0.5, 0.6) is 0 Å². The van der Waals surface area contributed by atoms with Gasteiger partial charge in [0.1, 0.15) is 0 Å². The predicted molar refractivity (Wildman–Crippen MR) is 62.9 cm³/mol. The Morgan fingerprint density at radius 2 is 2.14 bits per heavy atom. The van der Waals surface area contributed by atoms with Gasteiger partial charge in [-0.15, -0.1) is 0 Å². The zero-order valence-corrected chi connectivity index (χ0v) is 9.86. The summed E-state index contributed by atoms with van der Waals surface area (Å²) in [7, 11) is 0. The SMILES string of the molecule is CCCNC(C)c1cccc(C)c1Cl. The van der Waals surface area contributed by atoms with E-state index in [1.807, 2.05) is 13.0 Å². The third kappa shape index (κ3) is 2.73. The van der Waals surface area contributed by atoms with Crippen LogP contribution in [0.2, 0.25) is 5.02 Å². The summed E-state index contributed by atoms with van der Waals surface area (Å²) in [6, 6.07) is 6.52. The molecule has 0 radical (unpaired) electrons. The van der Waals surface area contributed by atoms with Gasteiger partial charge in [-0.05, 0) is 37.9 Å². The van der Waals surface area contributed by atoms with E-state index < -0.39 is 0 Å². The minimum atomic E-state index is 0.336. The Kier molecular flexibility index (Phi) is 4.43. The zero-order valence-electron chi connectivity index (χ0n) is 9.10. The van der Waals surface area contributed by atoms with Gasteiger partial charge in [-0.25, -0.2) is 0 Å². The second-order valence-corrected chi connectivity index (χ2v) is 4.03. The number of aryl methyl sites for hydroxylation is 1. The fraction of sp³-hybridized carbons (Fsp3) is 0.500. The van der Waals surface area contributed by atoms with Crippen LogP contribution in [-0.2, 0) is 0 Å². The quantitative estimate of drug-likeness (QED) is 0.801. The molecule has 1 aromatic rings. The van der Waals surface area contributed by atoms with Crippen molar-refractivity contribution in [2.45, 2.75) is 33.2 Å². The summed E-state index contributed by atoms with van der Waals surface area (Å²) in [5.74, 6) is 0. The largest absolute Gasteiger partial charge is 0.310 e. The highest BCUT2D eigenvalue weighted by Crippen LogP contribution is 2.25. The highest BCUT2D eigenvalue weighted by Gasteiger charge is 2.09. The average molecular weight is 212 g/mol. The van der Waals surface area contributed by atoms with Crippen molar-refractivity contribution < 1.29 is 0 Å². The molecule has 0 aliphatic heterocycles. The lowest BCUT2D eigenvalue weighted by Gasteiger charge is -2.16. The fourth-order valence-corrected chi connectivity index (χ4v) is 1.76. The maximum atomic E-state index is 6.23. The van der Waals surface area contributed by atoms with Crippen LogP contribution in [0.15, 0.2) is 18.2 Å². The number of halogens is 1. The summed E-state index contributed by atoms with van der Waals surface area (Å²) in [5.41, 5.74) is 2.34. The molecular formula is C12H18ClN. The average Bonchev–Trinajstić information content (AvgIpc) is 2.18. The van der Waals surface area contributed by atoms with Crippen molar-refractivity contribution in [2.24, 2.45) is 0 Å². The smallest absolute Gasteiger partial charge is 0.0482 e. The summed E-state index contributed by atoms with van der Waals surface area (Å²) >= 11 is 6.23. The Hall–Kier alpha value is -0.530. The van der Waals surface area contributed by atoms with Crippen molar-refractivity contribution in [3.63, 3.8) is 0 Å². The lowest BCUT2D eigenvalue weighted by Crippen LogP contribution is -2.19. The number of hydrogen-bond acceptors (Lipinski definition) is 1. The lowest BCUT2D eigenvalue weighted by atomic mass is 10.1. The number of nitrogens with one attached hydrogen (secondary N) is 1. The van der Waals surface area contributed by atoms with Gasteiger partial charge in [0.25, 0.3) is 0 Å². The van der Waals surface area contributed by atoms with E-state index in [1.54, 1.807) is 0 Å². The van der Waals surface area contributed by atoms with Gasteiger partial charge in [0.15, 0.2) is 0 Å². The second-order valence-electron chi connectivity index (χ2n) is 3.65. The van der Waals surface area contributed by atoms with Crippen LogP contribution in [-0.4, -0.2) is 6.54 Å². The first kappa shape index (κ1) is 11.5. The van der Waals surface area contributed by atoms with Gasteiger partial charge in [0.2, 0.25) is 0 Å². The van der Waals surface area contributed by atoms with E-state index in [2.05, 4.69) is 31.3 Å². The maximum Gasteiger partial charge on any atom is 0.0482 e. The highest BCUT2D eigenvalue weighted by atomic mass is 35.5. The Balaban J connectivity index is 2.79. The van der Waals surface area contributed by atoms with Crippen LogP contribution < -0.4 is 5.32 Å². The summed E-state index contributed by atoms with van der Waals surface area (Å²) < 4.78 is 0. The first-order valence-corrected chi connectivity index (χ1v) is 5.53. The molecule has 0 bridgehead atoms.